The topological polar surface area (TPSA) is 49.7 Å². The summed E-state index contributed by atoms with van der Waals surface area (Å²) < 4.78 is 5.49. The summed E-state index contributed by atoms with van der Waals surface area (Å²) in [5, 5.41) is 19.8. The SMILES string of the molecule is CC(C)(O)C(C)(C)OB(O)c1ccccc1. The van der Waals surface area contributed by atoms with E-state index < -0.39 is 18.3 Å². The maximum absolute atomic E-state index is 9.91. The van der Waals surface area contributed by atoms with Crippen LogP contribution in [0, 0.1) is 0 Å². The van der Waals surface area contributed by atoms with Gasteiger partial charge in [-0.2, -0.15) is 0 Å². The van der Waals surface area contributed by atoms with Crippen LogP contribution >= 0.6 is 0 Å². The minimum Gasteiger partial charge on any atom is -0.423 e. The third-order valence-corrected chi connectivity index (χ3v) is 2.96. The van der Waals surface area contributed by atoms with E-state index in [-0.39, 0.29) is 0 Å². The molecule has 16 heavy (non-hydrogen) atoms. The Labute approximate surface area is 97.2 Å². The van der Waals surface area contributed by atoms with E-state index in [9.17, 15) is 10.1 Å². The van der Waals surface area contributed by atoms with Crippen molar-refractivity contribution in [1.82, 2.24) is 0 Å². The molecule has 0 aliphatic rings. The molecule has 1 rings (SSSR count). The maximum Gasteiger partial charge on any atom is 0.491 e. The molecular formula is C12H19BO3. The Bertz CT molecular complexity index is 330. The van der Waals surface area contributed by atoms with Crippen LogP contribution in [0.2, 0.25) is 0 Å². The molecule has 0 bridgehead atoms. The van der Waals surface area contributed by atoms with Gasteiger partial charge in [0.2, 0.25) is 0 Å². The summed E-state index contributed by atoms with van der Waals surface area (Å²) in [5.74, 6) is 0. The molecule has 4 heteroatoms. The van der Waals surface area contributed by atoms with Crippen LogP contribution in [-0.4, -0.2) is 28.5 Å². The van der Waals surface area contributed by atoms with Gasteiger partial charge in [-0.15, -0.1) is 0 Å². The third-order valence-electron chi connectivity index (χ3n) is 2.96. The van der Waals surface area contributed by atoms with Gasteiger partial charge in [0.15, 0.2) is 0 Å². The lowest BCUT2D eigenvalue weighted by molar-refractivity contribution is -0.0982. The van der Waals surface area contributed by atoms with E-state index in [0.717, 1.165) is 0 Å². The van der Waals surface area contributed by atoms with Crippen LogP contribution in [-0.2, 0) is 4.65 Å². The molecule has 0 aliphatic heterocycles. The van der Waals surface area contributed by atoms with Crippen molar-refractivity contribution < 1.29 is 14.8 Å². The van der Waals surface area contributed by atoms with Gasteiger partial charge in [0.1, 0.15) is 0 Å². The highest BCUT2D eigenvalue weighted by atomic mass is 16.5. The molecule has 0 unspecified atom stereocenters. The molecule has 0 amide bonds. The Kier molecular flexibility index (Phi) is 3.78. The van der Waals surface area contributed by atoms with Crippen molar-refractivity contribution in [3.63, 3.8) is 0 Å². The zero-order chi connectivity index (χ0) is 12.4. The van der Waals surface area contributed by atoms with Gasteiger partial charge in [-0.25, -0.2) is 0 Å². The molecule has 0 spiro atoms. The van der Waals surface area contributed by atoms with E-state index >= 15 is 0 Å². The Morgan fingerprint density at radius 2 is 1.56 bits per heavy atom. The predicted molar refractivity (Wildman–Crippen MR) is 65.5 cm³/mol. The van der Waals surface area contributed by atoms with E-state index in [1.54, 1.807) is 39.8 Å². The number of hydrogen-bond donors (Lipinski definition) is 2. The van der Waals surface area contributed by atoms with Gasteiger partial charge in [-0.1, -0.05) is 30.3 Å². The van der Waals surface area contributed by atoms with Crippen molar-refractivity contribution in [2.45, 2.75) is 38.9 Å². The molecule has 2 N–H and O–H groups in total. The molecule has 1 aromatic carbocycles. The zero-order valence-electron chi connectivity index (χ0n) is 10.3. The lowest BCUT2D eigenvalue weighted by Gasteiger charge is -2.38. The molecule has 0 aromatic heterocycles. The molecule has 0 atom stereocenters. The molecule has 0 saturated heterocycles. The normalized spacial score (nSPS) is 12.6. The van der Waals surface area contributed by atoms with Gasteiger partial charge < -0.3 is 14.8 Å². The van der Waals surface area contributed by atoms with Gasteiger partial charge >= 0.3 is 7.12 Å². The van der Waals surface area contributed by atoms with E-state index in [0.29, 0.717) is 5.46 Å². The maximum atomic E-state index is 9.91. The minimum atomic E-state index is -1.03. The van der Waals surface area contributed by atoms with Gasteiger partial charge in [-0.05, 0) is 33.2 Å². The highest BCUT2D eigenvalue weighted by Gasteiger charge is 2.39. The van der Waals surface area contributed by atoms with Crippen LogP contribution in [0.4, 0.5) is 0 Å². The monoisotopic (exact) mass is 222 g/mol. The summed E-state index contributed by atoms with van der Waals surface area (Å²) in [6.07, 6.45) is 0. The Hall–Kier alpha value is -0.835. The van der Waals surface area contributed by atoms with Crippen LogP contribution < -0.4 is 5.46 Å². The fraction of sp³-hybridized carbons (Fsp3) is 0.500. The summed E-state index contributed by atoms with van der Waals surface area (Å²) in [6.45, 7) is 6.81. The van der Waals surface area contributed by atoms with E-state index in [1.807, 2.05) is 18.2 Å². The van der Waals surface area contributed by atoms with Crippen LogP contribution in [0.25, 0.3) is 0 Å². The fourth-order valence-corrected chi connectivity index (χ4v) is 1.11. The highest BCUT2D eigenvalue weighted by molar-refractivity contribution is 6.60. The van der Waals surface area contributed by atoms with Crippen molar-refractivity contribution in [2.75, 3.05) is 0 Å². The fourth-order valence-electron chi connectivity index (χ4n) is 1.11. The number of hydrogen-bond acceptors (Lipinski definition) is 3. The van der Waals surface area contributed by atoms with Gasteiger partial charge in [0, 0.05) is 0 Å². The molecule has 0 saturated carbocycles. The van der Waals surface area contributed by atoms with Crippen LogP contribution in [0.3, 0.4) is 0 Å². The average Bonchev–Trinajstić information content (AvgIpc) is 2.16. The van der Waals surface area contributed by atoms with Crippen LogP contribution in [0.5, 0.6) is 0 Å². The Balaban J connectivity index is 2.76. The first-order chi connectivity index (χ1) is 7.24. The molecule has 88 valence electrons. The summed E-state index contributed by atoms with van der Waals surface area (Å²) >= 11 is 0. The van der Waals surface area contributed by atoms with E-state index in [1.165, 1.54) is 0 Å². The van der Waals surface area contributed by atoms with Gasteiger partial charge in [-0.3, -0.25) is 0 Å². The minimum absolute atomic E-state index is 0.680. The van der Waals surface area contributed by atoms with Crippen LogP contribution in [0.15, 0.2) is 30.3 Å². The molecule has 0 fully saturated rings. The van der Waals surface area contributed by atoms with Crippen molar-refractivity contribution in [2.24, 2.45) is 0 Å². The molecule has 1 aromatic rings. The second-order valence-electron chi connectivity index (χ2n) is 4.95. The summed E-state index contributed by atoms with van der Waals surface area (Å²) in [6, 6.07) is 9.10. The van der Waals surface area contributed by atoms with Crippen molar-refractivity contribution in [1.29, 1.82) is 0 Å². The zero-order valence-corrected chi connectivity index (χ0v) is 10.3. The van der Waals surface area contributed by atoms with Gasteiger partial charge in [0.05, 0.1) is 11.2 Å². The molecular weight excluding hydrogens is 203 g/mol. The smallest absolute Gasteiger partial charge is 0.423 e. The lowest BCUT2D eigenvalue weighted by atomic mass is 9.76. The van der Waals surface area contributed by atoms with Crippen molar-refractivity contribution in [3.8, 4) is 0 Å². The second-order valence-corrected chi connectivity index (χ2v) is 4.95. The summed E-state index contributed by atoms with van der Waals surface area (Å²) in [4.78, 5) is 0. The first-order valence-corrected chi connectivity index (χ1v) is 5.37. The van der Waals surface area contributed by atoms with E-state index in [2.05, 4.69) is 0 Å². The molecule has 0 aliphatic carbocycles. The summed E-state index contributed by atoms with van der Waals surface area (Å²) in [5.41, 5.74) is -1.18. The van der Waals surface area contributed by atoms with Gasteiger partial charge in [0.25, 0.3) is 0 Å². The predicted octanol–water partition coefficient (Wildman–Crippen LogP) is 0.940. The Morgan fingerprint density at radius 1 is 1.06 bits per heavy atom. The third kappa shape index (κ3) is 3.08. The van der Waals surface area contributed by atoms with Crippen LogP contribution in [0.1, 0.15) is 27.7 Å². The Morgan fingerprint density at radius 3 is 2.00 bits per heavy atom. The number of aliphatic hydroxyl groups is 1. The molecule has 3 nitrogen and oxygen atoms in total. The standard InChI is InChI=1S/C12H19BO3/c1-11(2,14)12(3,4)16-13(15)10-8-6-5-7-9-10/h5-9,14-15H,1-4H3. The highest BCUT2D eigenvalue weighted by Crippen LogP contribution is 2.25. The largest absolute Gasteiger partial charge is 0.491 e. The molecule has 0 heterocycles. The first-order valence-electron chi connectivity index (χ1n) is 5.37. The lowest BCUT2D eigenvalue weighted by Crippen LogP contribution is -2.53. The van der Waals surface area contributed by atoms with Crippen molar-refractivity contribution >= 4 is 12.6 Å². The number of benzene rings is 1. The second kappa shape index (κ2) is 4.57. The van der Waals surface area contributed by atoms with E-state index in [4.69, 9.17) is 4.65 Å². The quantitative estimate of drug-likeness (QED) is 0.745. The first kappa shape index (κ1) is 13.2. The summed E-state index contributed by atoms with van der Waals surface area (Å²) in [7, 11) is -1.03. The van der Waals surface area contributed by atoms with Crippen molar-refractivity contribution in [3.05, 3.63) is 30.3 Å². The average molecular weight is 222 g/mol. The molecule has 0 radical (unpaired) electrons. The number of rotatable bonds is 4.